The summed E-state index contributed by atoms with van der Waals surface area (Å²) in [5, 5.41) is 16.2. The van der Waals surface area contributed by atoms with Gasteiger partial charge in [-0.3, -0.25) is 19.2 Å². The minimum atomic E-state index is -2.01. The first-order valence-electron chi connectivity index (χ1n) is 14.6. The molecule has 2 aromatic rings. The third-order valence-electron chi connectivity index (χ3n) is 8.14. The van der Waals surface area contributed by atoms with Gasteiger partial charge in [-0.1, -0.05) is 65.8 Å². The van der Waals surface area contributed by atoms with Gasteiger partial charge in [0.2, 0.25) is 11.8 Å². The van der Waals surface area contributed by atoms with Crippen LogP contribution >= 0.6 is 11.3 Å². The average Bonchev–Trinajstić information content (AvgIpc) is 3.52. The number of aryl methyl sites for hydroxylation is 1. The quantitative estimate of drug-likeness (QED) is 0.378. The van der Waals surface area contributed by atoms with E-state index < -0.39 is 59.1 Å². The van der Waals surface area contributed by atoms with Crippen molar-refractivity contribution in [3.05, 3.63) is 52.5 Å². The molecule has 1 aliphatic carbocycles. The molecular weight excluding hydrogens is 569 g/mol. The van der Waals surface area contributed by atoms with Gasteiger partial charge in [-0.2, -0.15) is 0 Å². The van der Waals surface area contributed by atoms with E-state index in [1.54, 1.807) is 37.6 Å². The minimum Gasteiger partial charge on any atom is -0.388 e. The predicted octanol–water partition coefficient (Wildman–Crippen LogP) is 4.60. The van der Waals surface area contributed by atoms with Crippen LogP contribution in [0.5, 0.6) is 0 Å². The molecule has 0 spiro atoms. The van der Waals surface area contributed by atoms with Crippen LogP contribution < -0.4 is 10.6 Å². The Bertz CT molecular complexity index is 1400. The minimum absolute atomic E-state index is 0.200. The van der Waals surface area contributed by atoms with Crippen molar-refractivity contribution in [1.29, 1.82) is 0 Å². The molecule has 1 aliphatic heterocycles. The summed E-state index contributed by atoms with van der Waals surface area (Å²) >= 11 is 1.55. The van der Waals surface area contributed by atoms with Gasteiger partial charge in [-0.25, -0.2) is 15.9 Å². The molecule has 0 unspecified atom stereocenters. The van der Waals surface area contributed by atoms with E-state index in [4.69, 9.17) is 6.57 Å². The molecule has 11 heteroatoms. The summed E-state index contributed by atoms with van der Waals surface area (Å²) in [4.78, 5) is 50.5. The van der Waals surface area contributed by atoms with E-state index in [1.165, 1.54) is 0 Å². The average molecular weight is 612 g/mol. The zero-order valence-electron chi connectivity index (χ0n) is 25.9. The molecule has 3 amide bonds. The molecule has 3 N–H and O–H groups in total. The van der Waals surface area contributed by atoms with Gasteiger partial charge in [-0.15, -0.1) is 11.3 Å². The number of halogens is 1. The highest BCUT2D eigenvalue weighted by molar-refractivity contribution is 7.13. The summed E-state index contributed by atoms with van der Waals surface area (Å²) in [5.41, 5.74) is 2.37. The lowest BCUT2D eigenvalue weighted by Gasteiger charge is -2.36. The van der Waals surface area contributed by atoms with Crippen LogP contribution in [0.15, 0.2) is 29.8 Å². The molecular formula is C32H42FN5O4S. The van der Waals surface area contributed by atoms with Crippen molar-refractivity contribution in [2.45, 2.75) is 104 Å². The van der Waals surface area contributed by atoms with E-state index in [2.05, 4.69) is 20.5 Å². The number of benzene rings is 1. The maximum absolute atomic E-state index is 15.5. The second-order valence-electron chi connectivity index (χ2n) is 14.1. The lowest BCUT2D eigenvalue weighted by molar-refractivity contribution is -0.145. The number of hydrogen-bond acceptors (Lipinski definition) is 6. The number of hydrogen-bond donors (Lipinski definition) is 3. The number of rotatable bonds is 8. The van der Waals surface area contributed by atoms with Crippen molar-refractivity contribution in [2.75, 3.05) is 6.54 Å². The predicted molar refractivity (Wildman–Crippen MR) is 164 cm³/mol. The first-order chi connectivity index (χ1) is 20.0. The number of nitrogens with one attached hydrogen (secondary N) is 2. The zero-order valence-corrected chi connectivity index (χ0v) is 26.7. The van der Waals surface area contributed by atoms with E-state index in [9.17, 15) is 19.5 Å². The summed E-state index contributed by atoms with van der Waals surface area (Å²) in [5.74, 6) is -1.93. The van der Waals surface area contributed by atoms with E-state index >= 15 is 4.39 Å². The molecule has 1 aromatic heterocycles. The number of amides is 3. The van der Waals surface area contributed by atoms with E-state index in [1.807, 2.05) is 52.0 Å². The van der Waals surface area contributed by atoms with Gasteiger partial charge >= 0.3 is 11.4 Å². The Hall–Kier alpha value is -3.36. The third kappa shape index (κ3) is 7.07. The molecule has 1 saturated carbocycles. The van der Waals surface area contributed by atoms with Crippen LogP contribution in [0.4, 0.5) is 4.39 Å². The topological polar surface area (TPSA) is 116 Å². The van der Waals surface area contributed by atoms with Gasteiger partial charge < -0.3 is 20.6 Å². The van der Waals surface area contributed by atoms with Crippen LogP contribution in [-0.2, 0) is 14.4 Å². The van der Waals surface area contributed by atoms with E-state index in [0.29, 0.717) is 19.3 Å². The van der Waals surface area contributed by atoms with Crippen molar-refractivity contribution in [3.63, 3.8) is 0 Å². The monoisotopic (exact) mass is 611 g/mol. The summed E-state index contributed by atoms with van der Waals surface area (Å²) in [6, 6.07) is 4.61. The summed E-state index contributed by atoms with van der Waals surface area (Å²) < 4.78 is 15.5. The molecule has 5 atom stereocenters. The molecule has 43 heavy (non-hydrogen) atoms. The molecule has 2 heterocycles. The molecule has 2 aliphatic rings. The Labute approximate surface area is 257 Å². The fraction of sp³-hybridized carbons (Fsp3) is 0.594. The van der Waals surface area contributed by atoms with Crippen LogP contribution in [0.1, 0.15) is 78.1 Å². The number of aliphatic hydroxyl groups excluding tert-OH is 1. The number of thiazole rings is 1. The van der Waals surface area contributed by atoms with Gasteiger partial charge in [0.1, 0.15) is 18.2 Å². The van der Waals surface area contributed by atoms with Crippen LogP contribution in [0, 0.1) is 24.3 Å². The summed E-state index contributed by atoms with van der Waals surface area (Å²) in [7, 11) is 0. The molecule has 2 fully saturated rings. The van der Waals surface area contributed by atoms with Crippen molar-refractivity contribution in [2.24, 2.45) is 10.8 Å². The SMILES string of the molecule is [C-]#[N+]C1(C(=O)N[C@H](C(=O)N2C[C@H](O)[C@H](F)[C@H]2C(=O)N[C@@H](CC(C)(C)C)c2ccc(-c3scnc3C)cc2)C(C)(C)C)CC1. The lowest BCUT2D eigenvalue weighted by Crippen LogP contribution is -2.60. The van der Waals surface area contributed by atoms with Gasteiger partial charge in [-0.05, 0) is 35.3 Å². The fourth-order valence-corrected chi connectivity index (χ4v) is 6.28. The Kier molecular flexibility index (Phi) is 9.06. The highest BCUT2D eigenvalue weighted by Gasteiger charge is 2.60. The molecule has 1 saturated heterocycles. The first kappa shape index (κ1) is 32.6. The molecule has 4 rings (SSSR count). The van der Waals surface area contributed by atoms with Gasteiger partial charge in [0.05, 0.1) is 28.7 Å². The second-order valence-corrected chi connectivity index (χ2v) is 14.9. The zero-order chi connectivity index (χ0) is 31.9. The largest absolute Gasteiger partial charge is 0.388 e. The number of likely N-dealkylation sites (tertiary alicyclic amines) is 1. The summed E-state index contributed by atoms with van der Waals surface area (Å²) in [6.45, 7) is 20.3. The highest BCUT2D eigenvalue weighted by atomic mass is 32.1. The Morgan fingerprint density at radius 2 is 1.79 bits per heavy atom. The van der Waals surface area contributed by atoms with E-state index in [0.717, 1.165) is 26.6 Å². The number of alkyl halides is 1. The maximum Gasteiger partial charge on any atom is 0.309 e. The number of nitrogens with zero attached hydrogens (tertiary/aromatic N) is 3. The lowest BCUT2D eigenvalue weighted by atomic mass is 9.84. The van der Waals surface area contributed by atoms with Crippen molar-refractivity contribution in [3.8, 4) is 10.4 Å². The first-order valence-corrected chi connectivity index (χ1v) is 15.5. The number of carbonyl (C=O) groups excluding carboxylic acids is 3. The molecule has 232 valence electrons. The Balaban J connectivity index is 1.59. The van der Waals surface area contributed by atoms with Crippen molar-refractivity contribution < 1.29 is 23.9 Å². The van der Waals surface area contributed by atoms with Crippen molar-refractivity contribution in [1.82, 2.24) is 20.5 Å². The van der Waals surface area contributed by atoms with Crippen molar-refractivity contribution >= 4 is 29.1 Å². The van der Waals surface area contributed by atoms with E-state index in [-0.39, 0.29) is 12.0 Å². The normalized spacial score (nSPS) is 22.8. The van der Waals surface area contributed by atoms with Gasteiger partial charge in [0, 0.05) is 12.8 Å². The fourth-order valence-electron chi connectivity index (χ4n) is 5.47. The van der Waals surface area contributed by atoms with Crippen LogP contribution in [0.25, 0.3) is 15.3 Å². The number of aliphatic hydroxyl groups is 1. The second kappa shape index (κ2) is 12.0. The van der Waals surface area contributed by atoms with Gasteiger partial charge in [0.15, 0.2) is 6.17 Å². The number of carbonyl (C=O) groups is 3. The molecule has 0 radical (unpaired) electrons. The standard InChI is InChI=1S/C32H42FN5O4S/c1-18-25(43-17-35-18)20-11-9-19(10-12-20)21(15-30(2,3)4)36-27(40)24-23(33)22(39)16-38(24)28(41)26(31(5,6)7)37-29(42)32(34-8)13-14-32/h9-12,17,21-24,26,39H,13-16H2,1-7H3,(H,36,40)(H,37,42)/t21-,22-,23-,24-,26+/m0/s1. The number of aromatic nitrogens is 1. The molecule has 0 bridgehead atoms. The van der Waals surface area contributed by atoms with Crippen LogP contribution in [0.2, 0.25) is 0 Å². The Morgan fingerprint density at radius 3 is 2.28 bits per heavy atom. The highest BCUT2D eigenvalue weighted by Crippen LogP contribution is 2.41. The molecule has 9 nitrogen and oxygen atoms in total. The van der Waals surface area contributed by atoms with Crippen LogP contribution in [-0.4, -0.2) is 69.2 Å². The third-order valence-corrected chi connectivity index (χ3v) is 9.12. The smallest absolute Gasteiger partial charge is 0.309 e. The molecule has 1 aromatic carbocycles. The maximum atomic E-state index is 15.5. The van der Waals surface area contributed by atoms with Gasteiger partial charge in [0.25, 0.3) is 0 Å². The Morgan fingerprint density at radius 1 is 1.16 bits per heavy atom. The number of β-amino-alcohol motifs (C(OH)–C–C–N with tert-alkyl or cyclic N) is 1. The van der Waals surface area contributed by atoms with Crippen LogP contribution in [0.3, 0.4) is 0 Å². The summed E-state index contributed by atoms with van der Waals surface area (Å²) in [6.07, 6.45) is -2.21.